The number of nitrogens with zero attached hydrogens (tertiary/aromatic N) is 3. The molecule has 1 aromatic carbocycles. The highest BCUT2D eigenvalue weighted by Gasteiger charge is 2.40. The van der Waals surface area contributed by atoms with E-state index in [1.807, 2.05) is 11.9 Å². The number of allylic oxidation sites excluding steroid dienone is 1. The number of likely N-dealkylation sites (tertiary alicyclic amines) is 1. The molecule has 0 saturated carbocycles. The predicted molar refractivity (Wildman–Crippen MR) is 151 cm³/mol. The highest BCUT2D eigenvalue weighted by molar-refractivity contribution is 7.82. The highest BCUT2D eigenvalue weighted by atomic mass is 32.1. The van der Waals surface area contributed by atoms with Crippen LogP contribution in [-0.2, 0) is 0 Å². The maximum absolute atomic E-state index is 15.0. The molecule has 12 heteroatoms. The molecule has 0 radical (unpaired) electrons. The molecule has 1 aliphatic rings. The Balaban J connectivity index is 1.65. The number of pyridine rings is 2. The van der Waals surface area contributed by atoms with Crippen LogP contribution in [0.15, 0.2) is 55.3 Å². The smallest absolute Gasteiger partial charge is 0.417 e. The lowest BCUT2D eigenvalue weighted by Crippen LogP contribution is -2.53. The van der Waals surface area contributed by atoms with Gasteiger partial charge in [0.25, 0.3) is 5.91 Å². The van der Waals surface area contributed by atoms with Gasteiger partial charge in [0.1, 0.15) is 22.5 Å². The van der Waals surface area contributed by atoms with Crippen molar-refractivity contribution >= 4 is 46.6 Å². The quantitative estimate of drug-likeness (QED) is 0.191. The molecule has 0 spiro atoms. The number of amides is 1. The van der Waals surface area contributed by atoms with E-state index in [2.05, 4.69) is 39.8 Å². The Morgan fingerprint density at radius 3 is 2.77 bits per heavy atom. The molecule has 2 N–H and O–H groups in total. The van der Waals surface area contributed by atoms with Crippen LogP contribution in [0.5, 0.6) is 5.75 Å². The van der Waals surface area contributed by atoms with Crippen LogP contribution < -0.4 is 15.4 Å². The van der Waals surface area contributed by atoms with Crippen LogP contribution in [0.2, 0.25) is 0 Å². The lowest BCUT2D eigenvalue weighted by Gasteiger charge is -2.41. The molecule has 40 heavy (non-hydrogen) atoms. The summed E-state index contributed by atoms with van der Waals surface area (Å²) in [5.41, 5.74) is -0.677. The minimum absolute atomic E-state index is 0.0592. The molecule has 1 fully saturated rings. The number of aromatic nitrogens is 2. The Kier molecular flexibility index (Phi) is 8.69. The third-order valence-electron chi connectivity index (χ3n) is 6.61. The zero-order valence-corrected chi connectivity index (χ0v) is 22.8. The first-order chi connectivity index (χ1) is 18.9. The van der Waals surface area contributed by atoms with Crippen molar-refractivity contribution in [2.75, 3.05) is 39.1 Å². The fourth-order valence-corrected chi connectivity index (χ4v) is 4.65. The minimum Gasteiger partial charge on any atom is -0.497 e. The first kappa shape index (κ1) is 29.3. The number of fused-ring (bicyclic) bond motifs is 1. The van der Waals surface area contributed by atoms with E-state index in [0.717, 1.165) is 0 Å². The summed E-state index contributed by atoms with van der Waals surface area (Å²) in [5, 5.41) is 6.41. The van der Waals surface area contributed by atoms with Crippen LogP contribution in [0.1, 0.15) is 28.3 Å². The Hall–Kier alpha value is -3.64. The summed E-state index contributed by atoms with van der Waals surface area (Å²) in [4.78, 5) is 21.3. The second kappa shape index (κ2) is 11.8. The van der Waals surface area contributed by atoms with Crippen molar-refractivity contribution in [2.24, 2.45) is 0 Å². The number of anilines is 1. The monoisotopic (exact) mass is 575 g/mol. The number of carbonyl (C=O) groups excluding carboxylic acids is 1. The van der Waals surface area contributed by atoms with Crippen LogP contribution in [0.3, 0.4) is 0 Å². The van der Waals surface area contributed by atoms with Gasteiger partial charge in [-0.05, 0) is 37.7 Å². The third kappa shape index (κ3) is 6.56. The number of nitrogens with one attached hydrogen (secondary N) is 2. The molecule has 212 valence electrons. The van der Waals surface area contributed by atoms with Gasteiger partial charge in [-0.25, -0.2) is 9.37 Å². The molecule has 0 bridgehead atoms. The molecule has 7 nitrogen and oxygen atoms in total. The van der Waals surface area contributed by atoms with Gasteiger partial charge in [0.05, 0.1) is 24.1 Å². The molecule has 0 aliphatic carbocycles. The van der Waals surface area contributed by atoms with Crippen molar-refractivity contribution in [1.29, 1.82) is 0 Å². The molecule has 1 saturated heterocycles. The number of rotatable bonds is 8. The van der Waals surface area contributed by atoms with Gasteiger partial charge >= 0.3 is 6.18 Å². The normalized spacial score (nSPS) is 20.0. The summed E-state index contributed by atoms with van der Waals surface area (Å²) in [7, 11) is 3.28. The average molecular weight is 576 g/mol. The maximum Gasteiger partial charge on any atom is 0.417 e. The third-order valence-corrected chi connectivity index (χ3v) is 7.22. The predicted octanol–water partition coefficient (Wildman–Crippen LogP) is 5.37. The van der Waals surface area contributed by atoms with Crippen molar-refractivity contribution in [3.05, 3.63) is 72.3 Å². The van der Waals surface area contributed by atoms with Crippen molar-refractivity contribution in [2.45, 2.75) is 23.6 Å². The number of piperidine rings is 1. The van der Waals surface area contributed by atoms with E-state index < -0.39 is 28.7 Å². The Bertz CT molecular complexity index is 1450. The Labute approximate surface area is 234 Å². The SMILES string of the molecule is C=C(c1nc(/C=C/CNC(=O)c2cc(OC)ccn2)cc2c(N[C@@]3(S)CCN(C)C[C@@H]3F)cccc12)C(F)(F)F. The van der Waals surface area contributed by atoms with Crippen molar-refractivity contribution in [3.63, 3.8) is 0 Å². The van der Waals surface area contributed by atoms with Gasteiger partial charge in [-0.3, -0.25) is 9.78 Å². The summed E-state index contributed by atoms with van der Waals surface area (Å²) < 4.78 is 61.3. The van der Waals surface area contributed by atoms with E-state index >= 15 is 4.39 Å². The van der Waals surface area contributed by atoms with Gasteiger partial charge in [0.15, 0.2) is 0 Å². The number of benzene rings is 1. The Morgan fingerprint density at radius 1 is 1.30 bits per heavy atom. The molecule has 0 unspecified atom stereocenters. The van der Waals surface area contributed by atoms with E-state index in [0.29, 0.717) is 29.8 Å². The van der Waals surface area contributed by atoms with Crippen LogP contribution in [0.25, 0.3) is 22.4 Å². The fraction of sp³-hybridized carbons (Fsp3) is 0.321. The van der Waals surface area contributed by atoms with Crippen molar-refractivity contribution < 1.29 is 27.1 Å². The number of hydrogen-bond acceptors (Lipinski definition) is 7. The van der Waals surface area contributed by atoms with Crippen molar-refractivity contribution in [3.8, 4) is 5.75 Å². The van der Waals surface area contributed by atoms with Gasteiger partial charge in [-0.15, -0.1) is 12.6 Å². The number of halogens is 4. The summed E-state index contributed by atoms with van der Waals surface area (Å²) in [5.74, 6) is 0.0193. The number of alkyl halides is 4. The topological polar surface area (TPSA) is 79.4 Å². The minimum atomic E-state index is -4.72. The second-order valence-electron chi connectivity index (χ2n) is 9.50. The lowest BCUT2D eigenvalue weighted by molar-refractivity contribution is -0.0688. The van der Waals surface area contributed by atoms with E-state index in [1.165, 1.54) is 31.5 Å². The van der Waals surface area contributed by atoms with Crippen LogP contribution in [0.4, 0.5) is 23.2 Å². The number of ether oxygens (including phenoxy) is 1. The zero-order chi connectivity index (χ0) is 29.1. The lowest BCUT2D eigenvalue weighted by atomic mass is 9.99. The summed E-state index contributed by atoms with van der Waals surface area (Å²) >= 11 is 4.60. The number of thiol groups is 1. The van der Waals surface area contributed by atoms with Gasteiger partial charge in [0, 0.05) is 48.4 Å². The van der Waals surface area contributed by atoms with E-state index in [4.69, 9.17) is 4.74 Å². The standard InChI is InChI=1S/C28H29F4N5O2S/c1-17(28(30,31)32)25-20-7-4-8-22(36-27(40)10-13-37(2)16-24(27)29)21(20)14-18(35-25)6-5-11-34-26(38)23-15-19(39-3)9-12-33-23/h4-9,12,14-15,24,36,40H,1,10-11,13,16H2,2-3H3,(H,34,38)/b6-5+/t24-,27+/m0/s1. The number of methoxy groups -OCH3 is 1. The van der Waals surface area contributed by atoms with Crippen molar-refractivity contribution in [1.82, 2.24) is 20.2 Å². The molecule has 4 rings (SSSR count). The van der Waals surface area contributed by atoms with Crippen LogP contribution in [-0.4, -0.2) is 71.8 Å². The number of carbonyl (C=O) groups is 1. The van der Waals surface area contributed by atoms with E-state index in [9.17, 15) is 18.0 Å². The largest absolute Gasteiger partial charge is 0.497 e. The molecule has 3 aromatic rings. The average Bonchev–Trinajstić information content (AvgIpc) is 2.92. The van der Waals surface area contributed by atoms with Gasteiger partial charge in [0.2, 0.25) is 0 Å². The molecule has 1 aliphatic heterocycles. The summed E-state index contributed by atoms with van der Waals surface area (Å²) in [6.07, 6.45) is -1.17. The summed E-state index contributed by atoms with van der Waals surface area (Å²) in [6, 6.07) is 9.45. The molecule has 1 amide bonds. The van der Waals surface area contributed by atoms with E-state index in [-0.39, 0.29) is 35.6 Å². The van der Waals surface area contributed by atoms with Gasteiger partial charge in [-0.2, -0.15) is 13.2 Å². The molecule has 3 heterocycles. The van der Waals surface area contributed by atoms with Crippen LogP contribution >= 0.6 is 12.6 Å². The maximum atomic E-state index is 15.0. The van der Waals surface area contributed by atoms with Gasteiger partial charge in [-0.1, -0.05) is 24.8 Å². The molecule has 2 aromatic heterocycles. The summed E-state index contributed by atoms with van der Waals surface area (Å²) in [6.45, 7) is 4.08. The Morgan fingerprint density at radius 2 is 2.08 bits per heavy atom. The number of hydrogen-bond donors (Lipinski definition) is 3. The van der Waals surface area contributed by atoms with Crippen LogP contribution in [0, 0.1) is 0 Å². The molecule has 2 atom stereocenters. The van der Waals surface area contributed by atoms with Gasteiger partial charge < -0.3 is 20.3 Å². The van der Waals surface area contributed by atoms with E-state index in [1.54, 1.807) is 30.3 Å². The molecular weight excluding hydrogens is 546 g/mol. The fourth-order valence-electron chi connectivity index (χ4n) is 4.35. The first-order valence-corrected chi connectivity index (χ1v) is 12.8. The highest BCUT2D eigenvalue weighted by Crippen LogP contribution is 2.39. The zero-order valence-electron chi connectivity index (χ0n) is 21.9. The second-order valence-corrected chi connectivity index (χ2v) is 10.3. The molecular formula is C28H29F4N5O2S. The first-order valence-electron chi connectivity index (χ1n) is 12.4.